The quantitative estimate of drug-likeness (QED) is 0.776. The second kappa shape index (κ2) is 6.60. The molecule has 108 valence electrons. The lowest BCUT2D eigenvalue weighted by atomic mass is 10.3. The van der Waals surface area contributed by atoms with E-state index in [1.807, 2.05) is 48.5 Å². The zero-order valence-electron chi connectivity index (χ0n) is 11.4. The van der Waals surface area contributed by atoms with E-state index in [0.717, 1.165) is 14.8 Å². The van der Waals surface area contributed by atoms with Crippen LogP contribution in [0.1, 0.15) is 6.42 Å². The predicted molar refractivity (Wildman–Crippen MR) is 89.0 cm³/mol. The van der Waals surface area contributed by atoms with Gasteiger partial charge in [0.05, 0.1) is 16.3 Å². The zero-order valence-corrected chi connectivity index (χ0v) is 13.1. The summed E-state index contributed by atoms with van der Waals surface area (Å²) in [6, 6.07) is 17.4. The van der Waals surface area contributed by atoms with Gasteiger partial charge in [-0.2, -0.15) is 5.26 Å². The number of aromatic nitrogens is 1. The Morgan fingerprint density at radius 3 is 2.73 bits per heavy atom. The first-order chi connectivity index (χ1) is 10.7. The lowest BCUT2D eigenvalue weighted by Gasteiger charge is -2.03. The Morgan fingerprint density at radius 2 is 2.00 bits per heavy atom. The minimum Gasteiger partial charge on any atom is -0.325 e. The Hall–Kier alpha value is -2.36. The summed E-state index contributed by atoms with van der Waals surface area (Å²) >= 11 is 3.25. The number of thiazole rings is 1. The van der Waals surface area contributed by atoms with Crippen LogP contribution in [0, 0.1) is 11.3 Å². The van der Waals surface area contributed by atoms with Crippen molar-refractivity contribution in [2.45, 2.75) is 15.7 Å². The third kappa shape index (κ3) is 3.45. The van der Waals surface area contributed by atoms with Crippen molar-refractivity contribution < 1.29 is 4.79 Å². The number of nitriles is 1. The van der Waals surface area contributed by atoms with E-state index < -0.39 is 0 Å². The molecule has 4 nitrogen and oxygen atoms in total. The standard InChI is InChI=1S/C16H11N3OS2/c17-10-9-15(20)18-11-5-7-12(8-6-11)21-16-19-13-3-1-2-4-14(13)22-16/h1-8H,9H2,(H,18,20). The van der Waals surface area contributed by atoms with Gasteiger partial charge >= 0.3 is 0 Å². The van der Waals surface area contributed by atoms with E-state index in [0.29, 0.717) is 5.69 Å². The van der Waals surface area contributed by atoms with E-state index in [2.05, 4.69) is 16.4 Å². The molecule has 0 saturated carbocycles. The summed E-state index contributed by atoms with van der Waals surface area (Å²) in [5.74, 6) is -0.297. The minimum absolute atomic E-state index is 0.137. The molecule has 0 aliphatic carbocycles. The number of hydrogen-bond donors (Lipinski definition) is 1. The van der Waals surface area contributed by atoms with Gasteiger partial charge in [0, 0.05) is 10.6 Å². The highest BCUT2D eigenvalue weighted by Crippen LogP contribution is 2.34. The monoisotopic (exact) mass is 325 g/mol. The summed E-state index contributed by atoms with van der Waals surface area (Å²) in [4.78, 5) is 17.0. The lowest BCUT2D eigenvalue weighted by Crippen LogP contribution is -2.09. The van der Waals surface area contributed by atoms with Gasteiger partial charge in [-0.05, 0) is 36.4 Å². The average Bonchev–Trinajstić information content (AvgIpc) is 2.91. The summed E-state index contributed by atoms with van der Waals surface area (Å²) in [5, 5.41) is 11.1. The van der Waals surface area contributed by atoms with Crippen molar-refractivity contribution >= 4 is 44.9 Å². The predicted octanol–water partition coefficient (Wildman–Crippen LogP) is 4.30. The van der Waals surface area contributed by atoms with Gasteiger partial charge in [0.2, 0.25) is 5.91 Å². The summed E-state index contributed by atoms with van der Waals surface area (Å²) in [6.45, 7) is 0. The molecule has 1 amide bonds. The van der Waals surface area contributed by atoms with Gasteiger partial charge in [0.25, 0.3) is 0 Å². The molecule has 0 unspecified atom stereocenters. The fourth-order valence-electron chi connectivity index (χ4n) is 1.88. The highest BCUT2D eigenvalue weighted by Gasteiger charge is 2.06. The molecule has 3 aromatic rings. The van der Waals surface area contributed by atoms with E-state index in [4.69, 9.17) is 5.26 Å². The molecule has 0 aliphatic heterocycles. The molecule has 22 heavy (non-hydrogen) atoms. The van der Waals surface area contributed by atoms with Crippen molar-refractivity contribution in [3.8, 4) is 6.07 Å². The molecule has 1 heterocycles. The maximum atomic E-state index is 11.3. The number of hydrogen-bond acceptors (Lipinski definition) is 5. The third-order valence-electron chi connectivity index (χ3n) is 2.86. The first kappa shape index (κ1) is 14.6. The number of rotatable bonds is 4. The second-order valence-corrected chi connectivity index (χ2v) is 6.81. The smallest absolute Gasteiger partial charge is 0.238 e. The van der Waals surface area contributed by atoms with Crippen LogP contribution >= 0.6 is 23.1 Å². The van der Waals surface area contributed by atoms with Gasteiger partial charge in [-0.3, -0.25) is 4.79 Å². The number of nitrogens with zero attached hydrogens (tertiary/aromatic N) is 2. The number of carbonyl (C=O) groups excluding carboxylic acids is 1. The van der Waals surface area contributed by atoms with Crippen LogP contribution in [0.25, 0.3) is 10.2 Å². The van der Waals surface area contributed by atoms with Crippen LogP contribution in [0.3, 0.4) is 0 Å². The topological polar surface area (TPSA) is 65.8 Å². The fraction of sp³-hybridized carbons (Fsp3) is 0.0625. The first-order valence-corrected chi connectivity index (χ1v) is 8.18. The Bertz CT molecular complexity index is 817. The molecule has 1 N–H and O–H groups in total. The van der Waals surface area contributed by atoms with Crippen molar-refractivity contribution in [2.24, 2.45) is 0 Å². The molecule has 0 spiro atoms. The van der Waals surface area contributed by atoms with Crippen molar-refractivity contribution in [3.05, 3.63) is 48.5 Å². The number of amides is 1. The van der Waals surface area contributed by atoms with Crippen LogP contribution in [-0.4, -0.2) is 10.9 Å². The minimum atomic E-state index is -0.297. The third-order valence-corrected chi connectivity index (χ3v) is 4.96. The summed E-state index contributed by atoms with van der Waals surface area (Å²) in [6.07, 6.45) is -0.137. The number of anilines is 1. The largest absolute Gasteiger partial charge is 0.325 e. The summed E-state index contributed by atoms with van der Waals surface area (Å²) < 4.78 is 2.16. The van der Waals surface area contributed by atoms with Gasteiger partial charge in [-0.1, -0.05) is 23.9 Å². The molecule has 1 aromatic heterocycles. The molecule has 0 saturated heterocycles. The second-order valence-electron chi connectivity index (χ2n) is 4.46. The van der Waals surface area contributed by atoms with E-state index >= 15 is 0 Å². The Balaban J connectivity index is 1.70. The van der Waals surface area contributed by atoms with Gasteiger partial charge in [0.15, 0.2) is 4.34 Å². The van der Waals surface area contributed by atoms with Crippen LogP contribution in [0.5, 0.6) is 0 Å². The molecular formula is C16H11N3OS2. The van der Waals surface area contributed by atoms with E-state index in [9.17, 15) is 4.79 Å². The molecule has 3 rings (SSSR count). The molecule has 0 radical (unpaired) electrons. The van der Waals surface area contributed by atoms with Crippen molar-refractivity contribution in [3.63, 3.8) is 0 Å². The van der Waals surface area contributed by atoms with E-state index in [1.54, 1.807) is 23.1 Å². The maximum Gasteiger partial charge on any atom is 0.238 e. The van der Waals surface area contributed by atoms with Gasteiger partial charge in [-0.15, -0.1) is 11.3 Å². The SMILES string of the molecule is N#CCC(=O)Nc1ccc(Sc2nc3ccccc3s2)cc1. The highest BCUT2D eigenvalue weighted by molar-refractivity contribution is 8.01. The van der Waals surface area contributed by atoms with Gasteiger partial charge in [-0.25, -0.2) is 4.98 Å². The number of fused-ring (bicyclic) bond motifs is 1. The molecule has 0 bridgehead atoms. The van der Waals surface area contributed by atoms with E-state index in [-0.39, 0.29) is 12.3 Å². The molecule has 2 aromatic carbocycles. The van der Waals surface area contributed by atoms with Gasteiger partial charge < -0.3 is 5.32 Å². The molecule has 6 heteroatoms. The van der Waals surface area contributed by atoms with Crippen molar-refractivity contribution in [2.75, 3.05) is 5.32 Å². The molecule has 0 fully saturated rings. The maximum absolute atomic E-state index is 11.3. The lowest BCUT2D eigenvalue weighted by molar-refractivity contribution is -0.115. The van der Waals surface area contributed by atoms with Crippen LogP contribution < -0.4 is 5.32 Å². The van der Waals surface area contributed by atoms with Crippen molar-refractivity contribution in [1.29, 1.82) is 5.26 Å². The molecular weight excluding hydrogens is 314 g/mol. The fourth-order valence-corrected chi connectivity index (χ4v) is 3.92. The number of benzene rings is 2. The Morgan fingerprint density at radius 1 is 1.23 bits per heavy atom. The normalized spacial score (nSPS) is 10.3. The first-order valence-electron chi connectivity index (χ1n) is 6.55. The number of para-hydroxylation sites is 1. The van der Waals surface area contributed by atoms with Crippen LogP contribution in [-0.2, 0) is 4.79 Å². The van der Waals surface area contributed by atoms with Gasteiger partial charge in [0.1, 0.15) is 6.42 Å². The van der Waals surface area contributed by atoms with Crippen LogP contribution in [0.2, 0.25) is 0 Å². The highest BCUT2D eigenvalue weighted by atomic mass is 32.2. The van der Waals surface area contributed by atoms with E-state index in [1.165, 1.54) is 4.70 Å². The number of carbonyl (C=O) groups is 1. The average molecular weight is 325 g/mol. The molecule has 0 aliphatic rings. The zero-order chi connectivity index (χ0) is 15.4. The Kier molecular flexibility index (Phi) is 4.37. The van der Waals surface area contributed by atoms with Crippen molar-refractivity contribution in [1.82, 2.24) is 4.98 Å². The summed E-state index contributed by atoms with van der Waals surface area (Å²) in [7, 11) is 0. The van der Waals surface area contributed by atoms with Crippen LogP contribution in [0.4, 0.5) is 5.69 Å². The summed E-state index contributed by atoms with van der Waals surface area (Å²) in [5.41, 5.74) is 1.70. The molecule has 0 atom stereocenters. The van der Waals surface area contributed by atoms with Crippen LogP contribution in [0.15, 0.2) is 57.8 Å². The number of nitrogens with one attached hydrogen (secondary N) is 1. The Labute approximate surface area is 135 Å².